The highest BCUT2D eigenvalue weighted by atomic mass is 35.5. The summed E-state index contributed by atoms with van der Waals surface area (Å²) < 4.78 is 18.5. The largest absolute Gasteiger partial charge is 0.489 e. The summed E-state index contributed by atoms with van der Waals surface area (Å²) in [6.45, 7) is 0.295. The van der Waals surface area contributed by atoms with Crippen LogP contribution in [0.1, 0.15) is 5.56 Å². The van der Waals surface area contributed by atoms with Crippen LogP contribution < -0.4 is 4.74 Å². The van der Waals surface area contributed by atoms with Crippen LogP contribution in [0.4, 0.5) is 4.39 Å². The molecule has 0 spiro atoms. The lowest BCUT2D eigenvalue weighted by molar-refractivity contribution is 0.304. The molecule has 17 heavy (non-hydrogen) atoms. The van der Waals surface area contributed by atoms with Crippen molar-refractivity contribution in [1.82, 2.24) is 4.98 Å². The third-order valence-electron chi connectivity index (χ3n) is 2.09. The molecule has 0 amide bonds. The maximum absolute atomic E-state index is 13.1. The van der Waals surface area contributed by atoms with Crippen LogP contribution in [-0.4, -0.2) is 4.98 Å². The first-order chi connectivity index (χ1) is 8.15. The van der Waals surface area contributed by atoms with Crippen LogP contribution in [-0.2, 0) is 6.61 Å². The van der Waals surface area contributed by atoms with Gasteiger partial charge in [-0.15, -0.1) is 0 Å². The van der Waals surface area contributed by atoms with Gasteiger partial charge in [0, 0.05) is 12.3 Å². The molecule has 5 heteroatoms. The molecule has 1 heterocycles. The van der Waals surface area contributed by atoms with Gasteiger partial charge < -0.3 is 4.74 Å². The fraction of sp³-hybridized carbons (Fsp3) is 0.0833. The molecule has 0 aliphatic carbocycles. The first-order valence-electron chi connectivity index (χ1n) is 4.83. The predicted octanol–water partition coefficient (Wildman–Crippen LogP) is 4.11. The van der Waals surface area contributed by atoms with Crippen molar-refractivity contribution in [3.63, 3.8) is 0 Å². The van der Waals surface area contributed by atoms with Crippen LogP contribution in [0.15, 0.2) is 36.5 Å². The quantitative estimate of drug-likeness (QED) is 0.784. The van der Waals surface area contributed by atoms with Gasteiger partial charge in [-0.1, -0.05) is 23.2 Å². The van der Waals surface area contributed by atoms with E-state index in [1.54, 1.807) is 24.4 Å². The number of nitrogens with zero attached hydrogens (tertiary/aromatic N) is 1. The summed E-state index contributed by atoms with van der Waals surface area (Å²) in [6.07, 6.45) is 1.59. The molecule has 88 valence electrons. The molecule has 2 rings (SSSR count). The van der Waals surface area contributed by atoms with Crippen molar-refractivity contribution in [1.29, 1.82) is 0 Å². The molecule has 1 aromatic heterocycles. The lowest BCUT2D eigenvalue weighted by Gasteiger charge is -2.06. The molecule has 1 aromatic carbocycles. The van der Waals surface area contributed by atoms with E-state index in [0.717, 1.165) is 5.56 Å². The number of ether oxygens (including phenoxy) is 1. The molecule has 0 aliphatic heterocycles. The Kier molecular flexibility index (Phi) is 3.82. The molecule has 0 aliphatic rings. The molecule has 0 saturated carbocycles. The fourth-order valence-corrected chi connectivity index (χ4v) is 1.58. The van der Waals surface area contributed by atoms with Crippen molar-refractivity contribution in [2.75, 3.05) is 0 Å². The van der Waals surface area contributed by atoms with Crippen molar-refractivity contribution < 1.29 is 9.13 Å². The van der Waals surface area contributed by atoms with Gasteiger partial charge in [0.25, 0.3) is 0 Å². The molecule has 0 atom stereocenters. The Bertz CT molecular complexity index is 534. The molecule has 0 bridgehead atoms. The van der Waals surface area contributed by atoms with Crippen LogP contribution >= 0.6 is 23.2 Å². The summed E-state index contributed by atoms with van der Waals surface area (Å²) in [6, 6.07) is 7.76. The van der Waals surface area contributed by atoms with E-state index in [9.17, 15) is 4.39 Å². The zero-order valence-electron chi connectivity index (χ0n) is 8.66. The molecule has 0 unspecified atom stereocenters. The fourth-order valence-electron chi connectivity index (χ4n) is 1.27. The van der Waals surface area contributed by atoms with Gasteiger partial charge in [-0.2, -0.15) is 0 Å². The van der Waals surface area contributed by atoms with Crippen molar-refractivity contribution in [3.05, 3.63) is 58.1 Å². The van der Waals surface area contributed by atoms with Gasteiger partial charge >= 0.3 is 0 Å². The van der Waals surface area contributed by atoms with Crippen LogP contribution in [0.2, 0.25) is 10.2 Å². The minimum absolute atomic E-state index is 0.0734. The van der Waals surface area contributed by atoms with Gasteiger partial charge in [0.15, 0.2) is 0 Å². The first kappa shape index (κ1) is 12.1. The van der Waals surface area contributed by atoms with Crippen LogP contribution in [0.25, 0.3) is 0 Å². The number of benzene rings is 1. The summed E-state index contributed by atoms with van der Waals surface area (Å²) >= 11 is 11.3. The summed E-state index contributed by atoms with van der Waals surface area (Å²) in [5, 5.41) is 0.470. The Balaban J connectivity index is 2.05. The standard InChI is InChI=1S/C12H8Cl2FNO/c13-10-2-1-9(6-11(10)15)17-7-8-3-4-16-12(14)5-8/h1-6H,7H2. The highest BCUT2D eigenvalue weighted by Gasteiger charge is 2.02. The van der Waals surface area contributed by atoms with Crippen molar-refractivity contribution in [2.24, 2.45) is 0 Å². The van der Waals surface area contributed by atoms with Gasteiger partial charge in [0.2, 0.25) is 0 Å². The third kappa shape index (κ3) is 3.32. The van der Waals surface area contributed by atoms with E-state index >= 15 is 0 Å². The summed E-state index contributed by atoms with van der Waals surface area (Å²) in [7, 11) is 0. The Hall–Kier alpha value is -1.32. The average Bonchev–Trinajstić information content (AvgIpc) is 2.31. The Morgan fingerprint density at radius 1 is 1.18 bits per heavy atom. The van der Waals surface area contributed by atoms with Crippen molar-refractivity contribution >= 4 is 23.2 Å². The van der Waals surface area contributed by atoms with Crippen LogP contribution in [0.5, 0.6) is 5.75 Å². The number of hydrogen-bond donors (Lipinski definition) is 0. The second-order valence-corrected chi connectivity index (χ2v) is 4.15. The van der Waals surface area contributed by atoms with Gasteiger partial charge in [0.1, 0.15) is 23.3 Å². The first-order valence-corrected chi connectivity index (χ1v) is 5.59. The van der Waals surface area contributed by atoms with E-state index in [1.807, 2.05) is 0 Å². The van der Waals surface area contributed by atoms with Gasteiger partial charge in [-0.25, -0.2) is 9.37 Å². The lowest BCUT2D eigenvalue weighted by Crippen LogP contribution is -1.96. The van der Waals surface area contributed by atoms with Gasteiger partial charge in [-0.3, -0.25) is 0 Å². The second-order valence-electron chi connectivity index (χ2n) is 3.35. The molecule has 2 aromatic rings. The lowest BCUT2D eigenvalue weighted by atomic mass is 10.3. The molecular formula is C12H8Cl2FNO. The van der Waals surface area contributed by atoms with Crippen molar-refractivity contribution in [2.45, 2.75) is 6.61 Å². The van der Waals surface area contributed by atoms with E-state index in [4.69, 9.17) is 27.9 Å². The molecule has 0 N–H and O–H groups in total. The Morgan fingerprint density at radius 2 is 2.00 bits per heavy atom. The highest BCUT2D eigenvalue weighted by Crippen LogP contribution is 2.21. The average molecular weight is 272 g/mol. The van der Waals surface area contributed by atoms with Gasteiger partial charge in [0.05, 0.1) is 5.02 Å². The van der Waals surface area contributed by atoms with E-state index in [1.165, 1.54) is 12.1 Å². The molecule has 2 nitrogen and oxygen atoms in total. The number of hydrogen-bond acceptors (Lipinski definition) is 2. The van der Waals surface area contributed by atoms with Crippen LogP contribution in [0.3, 0.4) is 0 Å². The van der Waals surface area contributed by atoms with E-state index in [-0.39, 0.29) is 5.02 Å². The SMILES string of the molecule is Fc1cc(OCc2ccnc(Cl)c2)ccc1Cl. The topological polar surface area (TPSA) is 22.1 Å². The van der Waals surface area contributed by atoms with E-state index < -0.39 is 5.82 Å². The number of rotatable bonds is 3. The molecule has 0 radical (unpaired) electrons. The van der Waals surface area contributed by atoms with Crippen molar-refractivity contribution in [3.8, 4) is 5.75 Å². The minimum Gasteiger partial charge on any atom is -0.489 e. The second kappa shape index (κ2) is 5.34. The Labute approximate surface area is 108 Å². The maximum atomic E-state index is 13.1. The third-order valence-corrected chi connectivity index (χ3v) is 2.60. The number of aromatic nitrogens is 1. The van der Waals surface area contributed by atoms with Crippen LogP contribution in [0, 0.1) is 5.82 Å². The molecule has 0 saturated heterocycles. The predicted molar refractivity (Wildman–Crippen MR) is 65.0 cm³/mol. The highest BCUT2D eigenvalue weighted by molar-refractivity contribution is 6.30. The zero-order chi connectivity index (χ0) is 12.3. The smallest absolute Gasteiger partial charge is 0.145 e. The summed E-state index contributed by atoms with van der Waals surface area (Å²) in [4.78, 5) is 3.85. The van der Waals surface area contributed by atoms with Gasteiger partial charge in [-0.05, 0) is 29.8 Å². The summed E-state index contributed by atoms with van der Waals surface area (Å²) in [5.41, 5.74) is 0.861. The van der Waals surface area contributed by atoms with E-state index in [2.05, 4.69) is 4.98 Å². The summed E-state index contributed by atoms with van der Waals surface area (Å²) in [5.74, 6) is -0.0863. The van der Waals surface area contributed by atoms with E-state index in [0.29, 0.717) is 17.5 Å². The number of halogens is 3. The molecular weight excluding hydrogens is 264 g/mol. The minimum atomic E-state index is -0.503. The maximum Gasteiger partial charge on any atom is 0.145 e. The normalized spacial score (nSPS) is 10.3. The monoisotopic (exact) mass is 271 g/mol. The Morgan fingerprint density at radius 3 is 2.71 bits per heavy atom. The number of pyridine rings is 1. The molecule has 0 fully saturated rings. The zero-order valence-corrected chi connectivity index (χ0v) is 10.2.